The molecule has 1 aliphatic rings. The molecule has 3 rings (SSSR count). The van der Waals surface area contributed by atoms with Gasteiger partial charge < -0.3 is 24.1 Å². The maximum absolute atomic E-state index is 12.7. The van der Waals surface area contributed by atoms with Crippen molar-refractivity contribution in [1.82, 2.24) is 0 Å². The summed E-state index contributed by atoms with van der Waals surface area (Å²) in [6.45, 7) is 2.76. The average molecular weight is 400 g/mol. The van der Waals surface area contributed by atoms with Gasteiger partial charge in [-0.25, -0.2) is 0 Å². The van der Waals surface area contributed by atoms with Crippen molar-refractivity contribution in [2.45, 2.75) is 0 Å². The molecule has 0 fully saturated rings. The highest BCUT2D eigenvalue weighted by Crippen LogP contribution is 2.29. The first-order chi connectivity index (χ1) is 14.2. The lowest BCUT2D eigenvalue weighted by atomic mass is 9.84. The number of ether oxygens (including phenoxy) is 4. The second-order valence-corrected chi connectivity index (χ2v) is 6.32. The normalized spacial score (nSPS) is 12.6. The summed E-state index contributed by atoms with van der Waals surface area (Å²) in [5, 5.41) is 8.56. The number of aliphatic hydroxyl groups is 1. The van der Waals surface area contributed by atoms with Gasteiger partial charge in [-0.3, -0.25) is 9.59 Å². The summed E-state index contributed by atoms with van der Waals surface area (Å²) in [5.41, 5.74) is 1.63. The first kappa shape index (κ1) is 21.1. The van der Waals surface area contributed by atoms with Crippen LogP contribution >= 0.6 is 0 Å². The number of hydrogen-bond donors (Lipinski definition) is 1. The largest absolute Gasteiger partial charge is 0.491 e. The number of benzene rings is 2. The van der Waals surface area contributed by atoms with E-state index in [-0.39, 0.29) is 18.2 Å². The van der Waals surface area contributed by atoms with Crippen LogP contribution in [0, 0.1) is 0 Å². The Labute approximate surface area is 169 Å². The summed E-state index contributed by atoms with van der Waals surface area (Å²) in [7, 11) is 0. The predicted octanol–water partition coefficient (Wildman–Crippen LogP) is 1.88. The minimum Gasteiger partial charge on any atom is -0.491 e. The van der Waals surface area contributed by atoms with Gasteiger partial charge in [-0.2, -0.15) is 0 Å². The molecule has 0 unspecified atom stereocenters. The van der Waals surface area contributed by atoms with Crippen molar-refractivity contribution in [2.24, 2.45) is 0 Å². The molecule has 0 amide bonds. The van der Waals surface area contributed by atoms with Crippen molar-refractivity contribution in [2.75, 3.05) is 52.9 Å². The molecule has 154 valence electrons. The third-order valence-corrected chi connectivity index (χ3v) is 4.37. The van der Waals surface area contributed by atoms with Crippen LogP contribution in [0.25, 0.3) is 0 Å². The molecule has 7 nitrogen and oxygen atoms in total. The van der Waals surface area contributed by atoms with Crippen molar-refractivity contribution in [3.63, 3.8) is 0 Å². The molecule has 0 heterocycles. The van der Waals surface area contributed by atoms with Crippen LogP contribution in [0.5, 0.6) is 5.75 Å². The number of hydrogen-bond acceptors (Lipinski definition) is 7. The lowest BCUT2D eigenvalue weighted by Gasteiger charge is -2.18. The zero-order valence-corrected chi connectivity index (χ0v) is 16.1. The Balaban J connectivity index is 1.41. The first-order valence-electron chi connectivity index (χ1n) is 9.51. The highest BCUT2D eigenvalue weighted by atomic mass is 16.6. The predicted molar refractivity (Wildman–Crippen MR) is 105 cm³/mol. The van der Waals surface area contributed by atoms with Crippen molar-refractivity contribution >= 4 is 11.6 Å². The van der Waals surface area contributed by atoms with Gasteiger partial charge in [0.1, 0.15) is 12.4 Å². The summed E-state index contributed by atoms with van der Waals surface area (Å²) in [6.07, 6.45) is 0. The Hall–Kier alpha value is -2.58. The number of rotatable bonds is 12. The van der Waals surface area contributed by atoms with Gasteiger partial charge in [0.25, 0.3) is 0 Å². The van der Waals surface area contributed by atoms with Gasteiger partial charge in [-0.15, -0.1) is 0 Å². The lowest BCUT2D eigenvalue weighted by molar-refractivity contribution is 0.00361. The van der Waals surface area contributed by atoms with Gasteiger partial charge in [0.05, 0.1) is 46.2 Å². The Morgan fingerprint density at radius 2 is 1.14 bits per heavy atom. The van der Waals surface area contributed by atoms with E-state index in [0.717, 1.165) is 0 Å². The Morgan fingerprint density at radius 3 is 1.76 bits per heavy atom. The van der Waals surface area contributed by atoms with Crippen molar-refractivity contribution < 1.29 is 33.6 Å². The molecule has 0 aromatic heterocycles. The smallest absolute Gasteiger partial charge is 0.194 e. The number of carbonyl (C=O) groups is 2. The Bertz CT molecular complexity index is 847. The summed E-state index contributed by atoms with van der Waals surface area (Å²) in [6, 6.07) is 11.8. The van der Waals surface area contributed by atoms with Crippen LogP contribution in [-0.2, 0) is 14.2 Å². The van der Waals surface area contributed by atoms with Crippen LogP contribution in [0.3, 0.4) is 0 Å². The molecule has 0 spiro atoms. The van der Waals surface area contributed by atoms with E-state index < -0.39 is 0 Å². The first-order valence-corrected chi connectivity index (χ1v) is 9.51. The molecule has 2 aromatic carbocycles. The highest BCUT2D eigenvalue weighted by Gasteiger charge is 2.29. The number of ketones is 2. The van der Waals surface area contributed by atoms with Crippen LogP contribution in [0.2, 0.25) is 0 Å². The summed E-state index contributed by atoms with van der Waals surface area (Å²) in [5.74, 6) is 0.203. The van der Waals surface area contributed by atoms with Crippen LogP contribution < -0.4 is 4.74 Å². The SMILES string of the molecule is O=C1c2ccccc2C(=O)c2cc(OCCOCCOCCOCCO)ccc21. The molecule has 2 aromatic rings. The van der Waals surface area contributed by atoms with Gasteiger partial charge in [0, 0.05) is 22.3 Å². The van der Waals surface area contributed by atoms with Crippen LogP contribution in [0.1, 0.15) is 31.8 Å². The molecule has 0 aliphatic heterocycles. The van der Waals surface area contributed by atoms with E-state index in [2.05, 4.69) is 0 Å². The van der Waals surface area contributed by atoms with Crippen molar-refractivity contribution in [3.05, 3.63) is 64.7 Å². The van der Waals surface area contributed by atoms with Crippen molar-refractivity contribution in [1.29, 1.82) is 0 Å². The Morgan fingerprint density at radius 1 is 0.621 bits per heavy atom. The fraction of sp³-hybridized carbons (Fsp3) is 0.364. The van der Waals surface area contributed by atoms with Gasteiger partial charge in [-0.1, -0.05) is 24.3 Å². The second kappa shape index (κ2) is 10.8. The van der Waals surface area contributed by atoms with Gasteiger partial charge in [0.2, 0.25) is 0 Å². The monoisotopic (exact) mass is 400 g/mol. The average Bonchev–Trinajstić information content (AvgIpc) is 2.76. The maximum atomic E-state index is 12.7. The molecule has 0 bridgehead atoms. The van der Waals surface area contributed by atoms with Gasteiger partial charge in [-0.05, 0) is 18.2 Å². The molecular formula is C22H24O7. The Kier molecular flexibility index (Phi) is 7.89. The van der Waals surface area contributed by atoms with Crippen LogP contribution in [-0.4, -0.2) is 69.5 Å². The number of fused-ring (bicyclic) bond motifs is 2. The van der Waals surface area contributed by atoms with Gasteiger partial charge >= 0.3 is 0 Å². The van der Waals surface area contributed by atoms with Crippen molar-refractivity contribution in [3.8, 4) is 5.75 Å². The molecule has 0 radical (unpaired) electrons. The zero-order chi connectivity index (χ0) is 20.5. The summed E-state index contributed by atoms with van der Waals surface area (Å²) >= 11 is 0. The second-order valence-electron chi connectivity index (χ2n) is 6.32. The maximum Gasteiger partial charge on any atom is 0.194 e. The molecule has 0 saturated carbocycles. The fourth-order valence-electron chi connectivity index (χ4n) is 2.99. The van der Waals surface area contributed by atoms with E-state index in [4.69, 9.17) is 24.1 Å². The van der Waals surface area contributed by atoms with E-state index in [1.165, 1.54) is 0 Å². The molecular weight excluding hydrogens is 376 g/mol. The molecule has 1 aliphatic carbocycles. The lowest BCUT2D eigenvalue weighted by Crippen LogP contribution is -2.21. The quantitative estimate of drug-likeness (QED) is 0.464. The third-order valence-electron chi connectivity index (χ3n) is 4.37. The minimum atomic E-state index is -0.169. The minimum absolute atomic E-state index is 0.00505. The topological polar surface area (TPSA) is 91.3 Å². The third kappa shape index (κ3) is 5.48. The molecule has 0 saturated heterocycles. The van der Waals surface area contributed by atoms with Crippen LogP contribution in [0.15, 0.2) is 42.5 Å². The standard InChI is InChI=1S/C22H24O7/c23-7-8-26-9-10-27-11-12-28-13-14-29-16-5-6-19-20(15-16)22(25)18-4-2-1-3-17(18)21(19)24/h1-6,15,23H,7-14H2. The fourth-order valence-corrected chi connectivity index (χ4v) is 2.99. The van der Waals surface area contributed by atoms with E-state index >= 15 is 0 Å². The van der Waals surface area contributed by atoms with E-state index in [1.807, 2.05) is 0 Å². The number of carbonyl (C=O) groups excluding carboxylic acids is 2. The zero-order valence-electron chi connectivity index (χ0n) is 16.1. The molecule has 0 atom stereocenters. The van der Waals surface area contributed by atoms with E-state index in [9.17, 15) is 9.59 Å². The van der Waals surface area contributed by atoms with Gasteiger partial charge in [0.15, 0.2) is 11.6 Å². The summed E-state index contributed by atoms with van der Waals surface area (Å²) < 4.78 is 21.5. The van der Waals surface area contributed by atoms with E-state index in [0.29, 0.717) is 74.3 Å². The molecule has 7 heteroatoms. The van der Waals surface area contributed by atoms with E-state index in [1.54, 1.807) is 42.5 Å². The highest BCUT2D eigenvalue weighted by molar-refractivity contribution is 6.28. The summed E-state index contributed by atoms with van der Waals surface area (Å²) in [4.78, 5) is 25.3. The molecule has 29 heavy (non-hydrogen) atoms. The molecule has 1 N–H and O–H groups in total. The number of aliphatic hydroxyl groups excluding tert-OH is 1. The van der Waals surface area contributed by atoms with Crippen LogP contribution in [0.4, 0.5) is 0 Å².